The fourth-order valence-electron chi connectivity index (χ4n) is 5.47. The molecule has 28 heavy (non-hydrogen) atoms. The molecule has 0 radical (unpaired) electrons. The molecule has 3 nitrogen and oxygen atoms in total. The van der Waals surface area contributed by atoms with Crippen molar-refractivity contribution in [2.45, 2.75) is 44.2 Å². The van der Waals surface area contributed by atoms with Gasteiger partial charge < -0.3 is 10.6 Å². The summed E-state index contributed by atoms with van der Waals surface area (Å²) in [6.45, 7) is 0. The molecule has 2 N–H and O–H groups in total. The van der Waals surface area contributed by atoms with Crippen molar-refractivity contribution in [3.63, 3.8) is 0 Å². The van der Waals surface area contributed by atoms with Crippen LogP contribution in [0.3, 0.4) is 0 Å². The van der Waals surface area contributed by atoms with Crippen LogP contribution in [0.2, 0.25) is 0 Å². The lowest BCUT2D eigenvalue weighted by atomic mass is 9.84. The molecule has 2 fully saturated rings. The summed E-state index contributed by atoms with van der Waals surface area (Å²) in [6.07, 6.45) is 6.18. The van der Waals surface area contributed by atoms with Gasteiger partial charge in [0.15, 0.2) is 0 Å². The molecule has 3 heteroatoms. The van der Waals surface area contributed by atoms with Crippen LogP contribution in [0, 0.1) is 17.2 Å². The van der Waals surface area contributed by atoms with E-state index in [0.29, 0.717) is 18.0 Å². The minimum atomic E-state index is 0.636. The van der Waals surface area contributed by atoms with Gasteiger partial charge in [0.25, 0.3) is 0 Å². The zero-order valence-corrected chi connectivity index (χ0v) is 16.0. The van der Waals surface area contributed by atoms with E-state index < -0.39 is 0 Å². The number of nitrogen functional groups attached to an aromatic ring is 1. The zero-order chi connectivity index (χ0) is 19.1. The highest BCUT2D eigenvalue weighted by Crippen LogP contribution is 2.43. The summed E-state index contributed by atoms with van der Waals surface area (Å²) in [4.78, 5) is 2.65. The molecular weight excluding hydrogens is 342 g/mol. The Labute approximate surface area is 166 Å². The molecule has 5 rings (SSSR count). The first-order valence-electron chi connectivity index (χ1n) is 10.3. The van der Waals surface area contributed by atoms with E-state index in [4.69, 9.17) is 5.73 Å². The predicted molar refractivity (Wildman–Crippen MR) is 115 cm³/mol. The lowest BCUT2D eigenvalue weighted by molar-refractivity contribution is 0.339. The summed E-state index contributed by atoms with van der Waals surface area (Å²) in [7, 11) is 0. The van der Waals surface area contributed by atoms with Crippen LogP contribution in [0.1, 0.15) is 36.8 Å². The molecule has 2 atom stereocenters. The second kappa shape index (κ2) is 6.87. The van der Waals surface area contributed by atoms with E-state index in [2.05, 4.69) is 47.4 Å². The Kier molecular flexibility index (Phi) is 4.20. The third-order valence-electron chi connectivity index (χ3n) is 6.67. The number of fused-ring (bicyclic) bond motifs is 3. The van der Waals surface area contributed by atoms with Crippen molar-refractivity contribution < 1.29 is 0 Å². The highest BCUT2D eigenvalue weighted by atomic mass is 15.2. The van der Waals surface area contributed by atoms with Crippen LogP contribution in [0.5, 0.6) is 0 Å². The molecule has 2 unspecified atom stereocenters. The van der Waals surface area contributed by atoms with Crippen LogP contribution in [0.15, 0.2) is 60.7 Å². The molecule has 3 aromatic rings. The second-order valence-corrected chi connectivity index (χ2v) is 8.35. The molecule has 2 heterocycles. The van der Waals surface area contributed by atoms with Crippen molar-refractivity contribution in [1.29, 1.82) is 5.26 Å². The van der Waals surface area contributed by atoms with Crippen molar-refractivity contribution in [1.82, 2.24) is 0 Å². The topological polar surface area (TPSA) is 53.0 Å². The number of nitriles is 1. The van der Waals surface area contributed by atoms with Crippen LogP contribution in [0.25, 0.3) is 10.8 Å². The Hall–Kier alpha value is -2.99. The summed E-state index contributed by atoms with van der Waals surface area (Å²) in [5.74, 6) is 0.707. The fraction of sp³-hybridized carbons (Fsp3) is 0.320. The highest BCUT2D eigenvalue weighted by molar-refractivity contribution is 5.90. The van der Waals surface area contributed by atoms with Gasteiger partial charge in [-0.25, -0.2) is 0 Å². The van der Waals surface area contributed by atoms with Crippen molar-refractivity contribution in [3.8, 4) is 6.07 Å². The van der Waals surface area contributed by atoms with E-state index in [1.807, 2.05) is 24.3 Å². The Balaban J connectivity index is 1.39. The quantitative estimate of drug-likeness (QED) is 0.641. The lowest BCUT2D eigenvalue weighted by Gasteiger charge is -2.41. The van der Waals surface area contributed by atoms with E-state index in [9.17, 15) is 5.26 Å². The average Bonchev–Trinajstić information content (AvgIpc) is 2.99. The van der Waals surface area contributed by atoms with Gasteiger partial charge in [-0.05, 0) is 84.7 Å². The van der Waals surface area contributed by atoms with Gasteiger partial charge in [0.1, 0.15) is 0 Å². The van der Waals surface area contributed by atoms with Gasteiger partial charge in [-0.15, -0.1) is 0 Å². The number of hydrogen-bond donors (Lipinski definition) is 1. The van der Waals surface area contributed by atoms with Crippen molar-refractivity contribution >= 4 is 22.1 Å². The number of nitrogens with zero attached hydrogens (tertiary/aromatic N) is 2. The third kappa shape index (κ3) is 2.90. The number of benzene rings is 3. The Morgan fingerprint density at radius 1 is 0.893 bits per heavy atom. The van der Waals surface area contributed by atoms with Crippen molar-refractivity contribution in [2.75, 3.05) is 10.6 Å². The molecule has 3 aromatic carbocycles. The largest absolute Gasteiger partial charge is 0.399 e. The summed E-state index contributed by atoms with van der Waals surface area (Å²) in [6, 6.07) is 24.5. The van der Waals surface area contributed by atoms with Gasteiger partial charge in [-0.3, -0.25) is 0 Å². The molecule has 2 aliphatic rings. The molecule has 2 aliphatic heterocycles. The zero-order valence-electron chi connectivity index (χ0n) is 16.0. The molecule has 0 aliphatic carbocycles. The number of hydrogen-bond acceptors (Lipinski definition) is 3. The summed E-state index contributed by atoms with van der Waals surface area (Å²) in [5.41, 5.74) is 10.2. The predicted octanol–water partition coefficient (Wildman–Crippen LogP) is 5.28. The fourth-order valence-corrected chi connectivity index (χ4v) is 5.47. The van der Waals surface area contributed by atoms with Gasteiger partial charge in [0.05, 0.1) is 11.6 Å². The van der Waals surface area contributed by atoms with Gasteiger partial charge in [-0.2, -0.15) is 5.26 Å². The molecule has 0 aromatic heterocycles. The first-order valence-corrected chi connectivity index (χ1v) is 10.3. The van der Waals surface area contributed by atoms with Crippen LogP contribution < -0.4 is 10.6 Å². The number of anilines is 2. The third-order valence-corrected chi connectivity index (χ3v) is 6.67. The molecule has 0 amide bonds. The van der Waals surface area contributed by atoms with E-state index in [1.54, 1.807) is 0 Å². The van der Waals surface area contributed by atoms with E-state index >= 15 is 0 Å². The monoisotopic (exact) mass is 367 g/mol. The average molecular weight is 367 g/mol. The molecule has 2 bridgehead atoms. The number of piperidine rings is 1. The first kappa shape index (κ1) is 17.1. The van der Waals surface area contributed by atoms with Crippen LogP contribution in [-0.2, 0) is 6.42 Å². The molecule has 0 spiro atoms. The Bertz CT molecular complexity index is 1030. The minimum absolute atomic E-state index is 0.636. The SMILES string of the molecule is N#Cc1ccc(CC2CC3CCC(C2)N3c2ccc(N)cc2)c2ccccc12. The Morgan fingerprint density at radius 3 is 2.25 bits per heavy atom. The standard InChI is InChI=1S/C25H25N3/c26-16-19-6-5-18(24-3-1-2-4-25(19)24)13-17-14-22-11-12-23(15-17)28(22)21-9-7-20(27)8-10-21/h1-10,17,22-23H,11-15,27H2. The summed E-state index contributed by atoms with van der Waals surface area (Å²) >= 11 is 0. The van der Waals surface area contributed by atoms with E-state index in [0.717, 1.165) is 23.1 Å². The smallest absolute Gasteiger partial charge is 0.0998 e. The van der Waals surface area contributed by atoms with Crippen LogP contribution in [0.4, 0.5) is 11.4 Å². The van der Waals surface area contributed by atoms with E-state index in [1.165, 1.54) is 42.3 Å². The second-order valence-electron chi connectivity index (χ2n) is 8.35. The first-order chi connectivity index (χ1) is 13.7. The lowest BCUT2D eigenvalue weighted by Crippen LogP contribution is -2.43. The Morgan fingerprint density at radius 2 is 1.57 bits per heavy atom. The maximum atomic E-state index is 9.42. The van der Waals surface area contributed by atoms with Gasteiger partial charge in [0, 0.05) is 23.5 Å². The van der Waals surface area contributed by atoms with Crippen molar-refractivity contribution in [2.24, 2.45) is 5.92 Å². The van der Waals surface area contributed by atoms with Gasteiger partial charge in [-0.1, -0.05) is 30.3 Å². The normalized spacial score (nSPS) is 23.7. The molecule has 140 valence electrons. The molecule has 0 saturated carbocycles. The number of nitrogens with two attached hydrogens (primary N) is 1. The maximum absolute atomic E-state index is 9.42. The maximum Gasteiger partial charge on any atom is 0.0998 e. The molecular formula is C25H25N3. The van der Waals surface area contributed by atoms with Gasteiger partial charge >= 0.3 is 0 Å². The van der Waals surface area contributed by atoms with Crippen LogP contribution >= 0.6 is 0 Å². The molecule has 2 saturated heterocycles. The summed E-state index contributed by atoms with van der Waals surface area (Å²) in [5, 5.41) is 11.7. The highest BCUT2D eigenvalue weighted by Gasteiger charge is 2.40. The van der Waals surface area contributed by atoms with Crippen LogP contribution in [-0.4, -0.2) is 12.1 Å². The number of rotatable bonds is 3. The minimum Gasteiger partial charge on any atom is -0.399 e. The van der Waals surface area contributed by atoms with E-state index in [-0.39, 0.29) is 0 Å². The van der Waals surface area contributed by atoms with Gasteiger partial charge in [0.2, 0.25) is 0 Å². The summed E-state index contributed by atoms with van der Waals surface area (Å²) < 4.78 is 0. The van der Waals surface area contributed by atoms with Crippen molar-refractivity contribution in [3.05, 3.63) is 71.8 Å².